The van der Waals surface area contributed by atoms with Crippen molar-refractivity contribution in [3.63, 3.8) is 0 Å². The van der Waals surface area contributed by atoms with Crippen molar-refractivity contribution in [2.24, 2.45) is 0 Å². The number of nitrogens with one attached hydrogen (secondary N) is 1. The highest BCUT2D eigenvalue weighted by molar-refractivity contribution is 5.93. The van der Waals surface area contributed by atoms with Gasteiger partial charge in [0.05, 0.1) is 21.3 Å². The van der Waals surface area contributed by atoms with Crippen LogP contribution in [0.25, 0.3) is 11.1 Å². The molecular formula is C23H23NO5. The van der Waals surface area contributed by atoms with Crippen LogP contribution in [0.5, 0.6) is 23.0 Å². The average molecular weight is 393 g/mol. The van der Waals surface area contributed by atoms with Crippen molar-refractivity contribution in [1.29, 1.82) is 0 Å². The third-order valence-electron chi connectivity index (χ3n) is 4.31. The standard InChI is InChI=1S/C23H23NO5/c1-26-18-7-4-16(5-8-18)21-14-17(6-13-22(21)28-3)24-23(25)15-29-20-11-9-19(27-2)10-12-20/h4-14H,15H2,1-3H3,(H,24,25). The van der Waals surface area contributed by atoms with Gasteiger partial charge in [-0.05, 0) is 60.2 Å². The Hall–Kier alpha value is -3.67. The number of amides is 1. The Kier molecular flexibility index (Phi) is 6.58. The Morgan fingerprint density at radius 1 is 0.759 bits per heavy atom. The normalized spacial score (nSPS) is 10.2. The molecule has 0 saturated carbocycles. The van der Waals surface area contributed by atoms with Crippen molar-refractivity contribution in [2.75, 3.05) is 33.3 Å². The lowest BCUT2D eigenvalue weighted by atomic mass is 10.0. The van der Waals surface area contributed by atoms with Crippen molar-refractivity contribution >= 4 is 11.6 Å². The molecule has 0 radical (unpaired) electrons. The highest BCUT2D eigenvalue weighted by Gasteiger charge is 2.10. The average Bonchev–Trinajstić information content (AvgIpc) is 2.78. The Morgan fingerprint density at radius 3 is 1.93 bits per heavy atom. The maximum Gasteiger partial charge on any atom is 0.262 e. The van der Waals surface area contributed by atoms with Crippen molar-refractivity contribution in [3.8, 4) is 34.1 Å². The number of benzene rings is 3. The van der Waals surface area contributed by atoms with Crippen LogP contribution in [-0.4, -0.2) is 33.8 Å². The fourth-order valence-electron chi connectivity index (χ4n) is 2.80. The van der Waals surface area contributed by atoms with Crippen molar-refractivity contribution in [3.05, 3.63) is 66.7 Å². The molecular weight excluding hydrogens is 370 g/mol. The van der Waals surface area contributed by atoms with Crippen LogP contribution in [0.15, 0.2) is 66.7 Å². The smallest absolute Gasteiger partial charge is 0.262 e. The van der Waals surface area contributed by atoms with Crippen LogP contribution < -0.4 is 24.3 Å². The summed E-state index contributed by atoms with van der Waals surface area (Å²) in [4.78, 5) is 12.3. The van der Waals surface area contributed by atoms with Crippen LogP contribution in [0.4, 0.5) is 5.69 Å². The lowest BCUT2D eigenvalue weighted by Crippen LogP contribution is -2.20. The summed E-state index contributed by atoms with van der Waals surface area (Å²) in [5.74, 6) is 2.54. The number of methoxy groups -OCH3 is 3. The fraction of sp³-hybridized carbons (Fsp3) is 0.174. The van der Waals surface area contributed by atoms with Gasteiger partial charge in [0.15, 0.2) is 6.61 Å². The second kappa shape index (κ2) is 9.50. The Balaban J connectivity index is 1.68. The van der Waals surface area contributed by atoms with Crippen LogP contribution in [0.1, 0.15) is 0 Å². The molecule has 0 heterocycles. The lowest BCUT2D eigenvalue weighted by molar-refractivity contribution is -0.118. The van der Waals surface area contributed by atoms with E-state index < -0.39 is 0 Å². The van der Waals surface area contributed by atoms with E-state index in [0.29, 0.717) is 17.2 Å². The van der Waals surface area contributed by atoms with E-state index in [1.807, 2.05) is 36.4 Å². The van der Waals surface area contributed by atoms with Gasteiger partial charge < -0.3 is 24.3 Å². The summed E-state index contributed by atoms with van der Waals surface area (Å²) in [5.41, 5.74) is 2.47. The summed E-state index contributed by atoms with van der Waals surface area (Å²) < 4.78 is 21.3. The van der Waals surface area contributed by atoms with Gasteiger partial charge in [-0.3, -0.25) is 4.79 Å². The van der Waals surface area contributed by atoms with E-state index in [-0.39, 0.29) is 12.5 Å². The second-order valence-corrected chi connectivity index (χ2v) is 6.16. The number of rotatable bonds is 8. The molecule has 0 fully saturated rings. The van der Waals surface area contributed by atoms with Crippen LogP contribution >= 0.6 is 0 Å². The minimum Gasteiger partial charge on any atom is -0.497 e. The minimum absolute atomic E-state index is 0.101. The third-order valence-corrected chi connectivity index (χ3v) is 4.31. The van der Waals surface area contributed by atoms with Gasteiger partial charge in [0.25, 0.3) is 5.91 Å². The van der Waals surface area contributed by atoms with Crippen LogP contribution in [0.2, 0.25) is 0 Å². The number of hydrogen-bond acceptors (Lipinski definition) is 5. The zero-order valence-electron chi connectivity index (χ0n) is 16.6. The monoisotopic (exact) mass is 393 g/mol. The first-order valence-corrected chi connectivity index (χ1v) is 9.02. The predicted octanol–water partition coefficient (Wildman–Crippen LogP) is 4.40. The van der Waals surface area contributed by atoms with E-state index in [1.54, 1.807) is 51.7 Å². The first-order valence-electron chi connectivity index (χ1n) is 9.02. The van der Waals surface area contributed by atoms with Crippen molar-refractivity contribution in [2.45, 2.75) is 0 Å². The first kappa shape index (κ1) is 20.1. The minimum atomic E-state index is -0.258. The van der Waals surface area contributed by atoms with Crippen molar-refractivity contribution in [1.82, 2.24) is 0 Å². The highest BCUT2D eigenvalue weighted by atomic mass is 16.5. The Morgan fingerprint density at radius 2 is 1.34 bits per heavy atom. The number of carbonyl (C=O) groups is 1. The SMILES string of the molecule is COc1ccc(OCC(=O)Nc2ccc(OC)c(-c3ccc(OC)cc3)c2)cc1. The zero-order chi connectivity index (χ0) is 20.6. The number of carbonyl (C=O) groups excluding carboxylic acids is 1. The van der Waals surface area contributed by atoms with E-state index in [0.717, 1.165) is 22.6 Å². The van der Waals surface area contributed by atoms with Crippen LogP contribution in [-0.2, 0) is 4.79 Å². The van der Waals surface area contributed by atoms with Crippen LogP contribution in [0.3, 0.4) is 0 Å². The van der Waals surface area contributed by atoms with Gasteiger partial charge in [0, 0.05) is 11.3 Å². The maximum absolute atomic E-state index is 12.3. The molecule has 6 nitrogen and oxygen atoms in total. The predicted molar refractivity (Wildman–Crippen MR) is 112 cm³/mol. The highest BCUT2D eigenvalue weighted by Crippen LogP contribution is 2.33. The fourth-order valence-corrected chi connectivity index (χ4v) is 2.80. The topological polar surface area (TPSA) is 66.0 Å². The molecule has 1 amide bonds. The molecule has 0 aliphatic rings. The summed E-state index contributed by atoms with van der Waals surface area (Å²) in [6, 6.07) is 20.2. The number of hydrogen-bond donors (Lipinski definition) is 1. The number of anilines is 1. The summed E-state index contributed by atoms with van der Waals surface area (Å²) in [6.07, 6.45) is 0. The third kappa shape index (κ3) is 5.19. The molecule has 150 valence electrons. The zero-order valence-corrected chi connectivity index (χ0v) is 16.6. The summed E-state index contributed by atoms with van der Waals surface area (Å²) >= 11 is 0. The van der Waals surface area contributed by atoms with E-state index >= 15 is 0 Å². The lowest BCUT2D eigenvalue weighted by Gasteiger charge is -2.13. The van der Waals surface area contributed by atoms with E-state index in [2.05, 4.69) is 5.32 Å². The largest absolute Gasteiger partial charge is 0.497 e. The van der Waals surface area contributed by atoms with Crippen molar-refractivity contribution < 1.29 is 23.7 Å². The van der Waals surface area contributed by atoms with Gasteiger partial charge in [0.2, 0.25) is 0 Å². The van der Waals surface area contributed by atoms with E-state index in [4.69, 9.17) is 18.9 Å². The van der Waals surface area contributed by atoms with Crippen LogP contribution in [0, 0.1) is 0 Å². The molecule has 29 heavy (non-hydrogen) atoms. The molecule has 6 heteroatoms. The maximum atomic E-state index is 12.3. The molecule has 0 aromatic heterocycles. The summed E-state index contributed by atoms with van der Waals surface area (Å²) in [6.45, 7) is -0.101. The van der Waals surface area contributed by atoms with Gasteiger partial charge in [-0.15, -0.1) is 0 Å². The molecule has 0 aliphatic heterocycles. The molecule has 0 bridgehead atoms. The first-order chi connectivity index (χ1) is 14.1. The molecule has 0 atom stereocenters. The van der Waals surface area contributed by atoms with E-state index in [1.165, 1.54) is 0 Å². The molecule has 0 spiro atoms. The quantitative estimate of drug-likeness (QED) is 0.615. The molecule has 3 rings (SSSR count). The second-order valence-electron chi connectivity index (χ2n) is 6.16. The molecule has 0 saturated heterocycles. The van der Waals surface area contributed by atoms with Gasteiger partial charge >= 0.3 is 0 Å². The molecule has 3 aromatic rings. The van der Waals surface area contributed by atoms with Gasteiger partial charge in [-0.25, -0.2) is 0 Å². The summed E-state index contributed by atoms with van der Waals surface area (Å²) in [5, 5.41) is 2.85. The van der Waals surface area contributed by atoms with Gasteiger partial charge in [-0.1, -0.05) is 12.1 Å². The van der Waals surface area contributed by atoms with E-state index in [9.17, 15) is 4.79 Å². The molecule has 0 aliphatic carbocycles. The molecule has 0 unspecified atom stereocenters. The van der Waals surface area contributed by atoms with Gasteiger partial charge in [-0.2, -0.15) is 0 Å². The molecule has 3 aromatic carbocycles. The number of ether oxygens (including phenoxy) is 4. The van der Waals surface area contributed by atoms with Gasteiger partial charge in [0.1, 0.15) is 23.0 Å². The Bertz CT molecular complexity index is 952. The summed E-state index contributed by atoms with van der Waals surface area (Å²) in [7, 11) is 4.83. The Labute approximate surface area is 170 Å². The molecule has 1 N–H and O–H groups in total.